The van der Waals surface area contributed by atoms with E-state index in [2.05, 4.69) is 19.9 Å². The predicted molar refractivity (Wildman–Crippen MR) is 107 cm³/mol. The monoisotopic (exact) mass is 441 g/mol. The van der Waals surface area contributed by atoms with Gasteiger partial charge in [-0.15, -0.1) is 24.0 Å². The zero-order chi connectivity index (χ0) is 16.2. The molecule has 0 radical (unpaired) electrons. The van der Waals surface area contributed by atoms with Gasteiger partial charge < -0.3 is 20.4 Å². The van der Waals surface area contributed by atoms with Crippen LogP contribution in [-0.2, 0) is 13.0 Å². The quantitative estimate of drug-likeness (QED) is 0.435. The highest BCUT2D eigenvalue weighted by molar-refractivity contribution is 14.0. The number of nitrogens with one attached hydrogen (secondary N) is 1. The second-order valence-electron chi connectivity index (χ2n) is 6.01. The number of ether oxygens (including phenoxy) is 1. The number of anilines is 1. The second kappa shape index (κ2) is 8.36. The SMILES string of the molecule is CC(C)Oc1ccc(NC(N)=NC2CCn3ccnc3C2)cc1.I. The Morgan fingerprint density at radius 3 is 2.83 bits per heavy atom. The Morgan fingerprint density at radius 1 is 1.38 bits per heavy atom. The first kappa shape index (κ1) is 18.6. The van der Waals surface area contributed by atoms with Gasteiger partial charge in [0.25, 0.3) is 0 Å². The number of fused-ring (bicyclic) bond motifs is 1. The van der Waals surface area contributed by atoms with Crippen LogP contribution in [0.3, 0.4) is 0 Å². The average Bonchev–Trinajstić information content (AvgIpc) is 2.96. The maximum Gasteiger partial charge on any atom is 0.193 e. The Bertz CT molecular complexity index is 681. The van der Waals surface area contributed by atoms with Gasteiger partial charge in [-0.05, 0) is 44.5 Å². The van der Waals surface area contributed by atoms with Gasteiger partial charge in [-0.25, -0.2) is 9.98 Å². The van der Waals surface area contributed by atoms with E-state index < -0.39 is 0 Å². The third-order valence-corrected chi connectivity index (χ3v) is 3.74. The third-order valence-electron chi connectivity index (χ3n) is 3.74. The van der Waals surface area contributed by atoms with Gasteiger partial charge >= 0.3 is 0 Å². The second-order valence-corrected chi connectivity index (χ2v) is 6.01. The number of imidazole rings is 1. The molecule has 0 aliphatic carbocycles. The van der Waals surface area contributed by atoms with Crippen LogP contribution in [0.2, 0.25) is 0 Å². The fraction of sp³-hybridized carbons (Fsp3) is 0.412. The minimum atomic E-state index is 0. The summed E-state index contributed by atoms with van der Waals surface area (Å²) >= 11 is 0. The van der Waals surface area contributed by atoms with Crippen molar-refractivity contribution < 1.29 is 4.74 Å². The molecule has 1 aromatic carbocycles. The fourth-order valence-electron chi connectivity index (χ4n) is 2.71. The zero-order valence-corrected chi connectivity index (χ0v) is 16.3. The number of aliphatic imine (C=N–C) groups is 1. The number of hydrogen-bond donors (Lipinski definition) is 2. The molecule has 2 aromatic rings. The predicted octanol–water partition coefficient (Wildman–Crippen LogP) is 3.03. The molecule has 3 N–H and O–H groups in total. The van der Waals surface area contributed by atoms with E-state index >= 15 is 0 Å². The molecule has 6 nitrogen and oxygen atoms in total. The van der Waals surface area contributed by atoms with Crippen molar-refractivity contribution in [3.8, 4) is 5.75 Å². The fourth-order valence-corrected chi connectivity index (χ4v) is 2.71. The molecule has 1 unspecified atom stereocenters. The Balaban J connectivity index is 0.00000208. The molecule has 130 valence electrons. The van der Waals surface area contributed by atoms with E-state index in [1.807, 2.05) is 50.5 Å². The van der Waals surface area contributed by atoms with E-state index in [1.54, 1.807) is 0 Å². The Labute approximate surface area is 159 Å². The van der Waals surface area contributed by atoms with Crippen LogP contribution in [0, 0.1) is 0 Å². The van der Waals surface area contributed by atoms with Crippen LogP contribution in [0.15, 0.2) is 41.7 Å². The number of rotatable bonds is 4. The number of nitrogens with two attached hydrogens (primary N) is 1. The Morgan fingerprint density at radius 2 is 2.12 bits per heavy atom. The molecule has 0 saturated heterocycles. The molecule has 0 bridgehead atoms. The first-order valence-electron chi connectivity index (χ1n) is 7.97. The van der Waals surface area contributed by atoms with Gasteiger partial charge in [-0.1, -0.05) is 0 Å². The van der Waals surface area contributed by atoms with E-state index in [1.165, 1.54) is 0 Å². The van der Waals surface area contributed by atoms with Crippen LogP contribution in [-0.4, -0.2) is 27.7 Å². The smallest absolute Gasteiger partial charge is 0.193 e. The number of halogens is 1. The van der Waals surface area contributed by atoms with Gasteiger partial charge in [0.15, 0.2) is 5.96 Å². The van der Waals surface area contributed by atoms with E-state index in [4.69, 9.17) is 10.5 Å². The number of hydrogen-bond acceptors (Lipinski definition) is 3. The van der Waals surface area contributed by atoms with Crippen molar-refractivity contribution in [1.82, 2.24) is 9.55 Å². The average molecular weight is 441 g/mol. The molecule has 1 atom stereocenters. The summed E-state index contributed by atoms with van der Waals surface area (Å²) in [6.07, 6.45) is 5.82. The van der Waals surface area contributed by atoms with Crippen LogP contribution >= 0.6 is 24.0 Å². The summed E-state index contributed by atoms with van der Waals surface area (Å²) in [5.41, 5.74) is 6.93. The third kappa shape index (κ3) is 4.86. The molecular formula is C17H24IN5O. The normalized spacial score (nSPS) is 17.1. The van der Waals surface area contributed by atoms with E-state index in [0.29, 0.717) is 5.96 Å². The topological polar surface area (TPSA) is 77.5 Å². The van der Waals surface area contributed by atoms with Gasteiger partial charge in [0.2, 0.25) is 0 Å². The van der Waals surface area contributed by atoms with Crippen LogP contribution < -0.4 is 15.8 Å². The number of aromatic nitrogens is 2. The molecule has 3 rings (SSSR count). The van der Waals surface area contributed by atoms with Crippen LogP contribution in [0.4, 0.5) is 5.69 Å². The van der Waals surface area contributed by atoms with Gasteiger partial charge in [0.1, 0.15) is 11.6 Å². The van der Waals surface area contributed by atoms with E-state index in [-0.39, 0.29) is 36.1 Å². The summed E-state index contributed by atoms with van der Waals surface area (Å²) in [5.74, 6) is 2.36. The molecule has 2 heterocycles. The molecule has 1 aliphatic heterocycles. The van der Waals surface area contributed by atoms with E-state index in [9.17, 15) is 0 Å². The first-order valence-corrected chi connectivity index (χ1v) is 7.97. The maximum absolute atomic E-state index is 6.03. The maximum atomic E-state index is 6.03. The lowest BCUT2D eigenvalue weighted by Crippen LogP contribution is -2.29. The molecular weight excluding hydrogens is 417 g/mol. The lowest BCUT2D eigenvalue weighted by molar-refractivity contribution is 0.242. The highest BCUT2D eigenvalue weighted by Crippen LogP contribution is 2.18. The molecule has 7 heteroatoms. The largest absolute Gasteiger partial charge is 0.491 e. The van der Waals surface area contributed by atoms with E-state index in [0.717, 1.165) is 36.6 Å². The Hall–Kier alpha value is -1.77. The van der Waals surface area contributed by atoms with Crippen molar-refractivity contribution >= 4 is 35.6 Å². The summed E-state index contributed by atoms with van der Waals surface area (Å²) in [5, 5.41) is 3.13. The molecule has 0 saturated carbocycles. The molecule has 0 amide bonds. The summed E-state index contributed by atoms with van der Waals surface area (Å²) in [6.45, 7) is 4.95. The molecule has 1 aliphatic rings. The summed E-state index contributed by atoms with van der Waals surface area (Å²) in [6, 6.07) is 7.91. The van der Waals surface area contributed by atoms with Gasteiger partial charge in [0.05, 0.1) is 12.1 Å². The molecule has 0 spiro atoms. The van der Waals surface area contributed by atoms with Gasteiger partial charge in [-0.3, -0.25) is 0 Å². The lowest BCUT2D eigenvalue weighted by atomic mass is 10.1. The van der Waals surface area contributed by atoms with Gasteiger partial charge in [-0.2, -0.15) is 0 Å². The summed E-state index contributed by atoms with van der Waals surface area (Å²) in [7, 11) is 0. The van der Waals surface area contributed by atoms with Crippen molar-refractivity contribution in [2.24, 2.45) is 10.7 Å². The Kier molecular flexibility index (Phi) is 6.47. The lowest BCUT2D eigenvalue weighted by Gasteiger charge is -2.20. The van der Waals surface area contributed by atoms with Crippen LogP contribution in [0.25, 0.3) is 0 Å². The van der Waals surface area contributed by atoms with Crippen LogP contribution in [0.1, 0.15) is 26.1 Å². The molecule has 24 heavy (non-hydrogen) atoms. The standard InChI is InChI=1S/C17H23N5O.HI/c1-12(2)23-15-5-3-13(4-6-15)20-17(18)21-14-7-9-22-10-8-19-16(22)11-14;/h3-6,8,10,12,14H,7,9,11H2,1-2H3,(H3,18,20,21);1H. The summed E-state index contributed by atoms with van der Waals surface area (Å²) in [4.78, 5) is 8.93. The first-order chi connectivity index (χ1) is 11.1. The highest BCUT2D eigenvalue weighted by Gasteiger charge is 2.18. The van der Waals surface area contributed by atoms with Crippen molar-refractivity contribution in [3.05, 3.63) is 42.5 Å². The summed E-state index contributed by atoms with van der Waals surface area (Å²) < 4.78 is 7.79. The molecule has 0 fully saturated rings. The number of benzene rings is 1. The zero-order valence-electron chi connectivity index (χ0n) is 14.0. The highest BCUT2D eigenvalue weighted by atomic mass is 127. The van der Waals surface area contributed by atoms with Crippen molar-refractivity contribution in [2.75, 3.05) is 5.32 Å². The van der Waals surface area contributed by atoms with Gasteiger partial charge in [0, 0.05) is 31.0 Å². The minimum Gasteiger partial charge on any atom is -0.491 e. The molecule has 1 aromatic heterocycles. The number of aryl methyl sites for hydroxylation is 1. The number of nitrogens with zero attached hydrogens (tertiary/aromatic N) is 3. The van der Waals surface area contributed by atoms with Crippen molar-refractivity contribution in [3.63, 3.8) is 0 Å². The van der Waals surface area contributed by atoms with Crippen LogP contribution in [0.5, 0.6) is 5.75 Å². The number of guanidine groups is 1. The van der Waals surface area contributed by atoms with Crippen molar-refractivity contribution in [1.29, 1.82) is 0 Å². The minimum absolute atomic E-state index is 0. The van der Waals surface area contributed by atoms with Crippen molar-refractivity contribution in [2.45, 2.75) is 45.4 Å².